The first-order valence-corrected chi connectivity index (χ1v) is 16.3. The molecule has 0 aliphatic heterocycles. The van der Waals surface area contributed by atoms with Crippen molar-refractivity contribution in [3.8, 4) is 0 Å². The number of hydrogen-bond donors (Lipinski definition) is 0. The summed E-state index contributed by atoms with van der Waals surface area (Å²) in [6.45, 7) is -9.75. The molecule has 0 spiro atoms. The van der Waals surface area contributed by atoms with Crippen LogP contribution in [0.2, 0.25) is 0 Å². The van der Waals surface area contributed by atoms with E-state index in [0.717, 1.165) is 29.4 Å². The summed E-state index contributed by atoms with van der Waals surface area (Å²) < 4.78 is 0. The predicted molar refractivity (Wildman–Crippen MR) is 173 cm³/mol. The van der Waals surface area contributed by atoms with Crippen molar-refractivity contribution in [3.05, 3.63) is 0 Å². The fraction of sp³-hybridized carbons (Fsp3) is 0.600. The Hall–Kier alpha value is -3.60. The number of nitrogens with zero attached hydrogens (tertiary/aromatic N) is 6. The Labute approximate surface area is 443 Å². The number of carboxylic acid groups (broad SMARTS) is 12. The van der Waals surface area contributed by atoms with Crippen LogP contribution in [-0.2, 0) is 126 Å². The van der Waals surface area contributed by atoms with E-state index in [1.54, 1.807) is 0 Å². The Morgan fingerprint density at radius 2 is 0.269 bits per heavy atom. The molecule has 0 unspecified atom stereocenters. The molecular weight excluding hydrogens is 1110 g/mol. The van der Waals surface area contributed by atoms with Gasteiger partial charge in [0.15, 0.2) is 0 Å². The molecule has 0 aliphatic carbocycles. The summed E-state index contributed by atoms with van der Waals surface area (Å²) in [5.74, 6) is -18.4. The van der Waals surface area contributed by atoms with Gasteiger partial charge in [-0.2, -0.15) is 0 Å². The molecule has 0 heterocycles. The molecule has 4 N–H and O–H groups in total. The number of carbonyl (C=O) groups excluding carboxylic acids is 12. The Morgan fingerprint density at radius 3 is 0.313 bits per heavy atom. The van der Waals surface area contributed by atoms with Crippen molar-refractivity contribution >= 4 is 101 Å². The first kappa shape index (κ1) is 86.6. The summed E-state index contributed by atoms with van der Waals surface area (Å²) in [6.07, 6.45) is 0. The van der Waals surface area contributed by atoms with Crippen LogP contribution in [-0.4, -0.2) is 259 Å². The number of hydrogen-bond acceptors (Lipinski definition) is 30. The topological polar surface area (TPSA) is 564 Å². The second kappa shape index (κ2) is 50.3. The molecule has 32 nitrogen and oxygen atoms in total. The van der Waals surface area contributed by atoms with Gasteiger partial charge < -0.3 is 130 Å². The molecule has 0 amide bonds. The summed E-state index contributed by atoms with van der Waals surface area (Å²) in [7, 11) is 0. The van der Waals surface area contributed by atoms with Crippen LogP contribution >= 0.6 is 0 Å². The fourth-order valence-corrected chi connectivity index (χ4v) is 4.32. The first-order valence-electron chi connectivity index (χ1n) is 16.3. The summed E-state index contributed by atoms with van der Waals surface area (Å²) in [4.78, 5) is 130. The normalized spacial score (nSPS) is 9.58. The molecule has 67 heavy (non-hydrogen) atoms. The molecule has 0 rings (SSSR count). The van der Waals surface area contributed by atoms with E-state index in [9.17, 15) is 119 Å². The molecule has 4 radical (unpaired) electrons. The zero-order valence-electron chi connectivity index (χ0n) is 33.6. The molecule has 0 atom stereocenters. The maximum absolute atomic E-state index is 10.4. The molecule has 0 saturated carbocycles. The van der Waals surface area contributed by atoms with Gasteiger partial charge in [0.25, 0.3) is 0 Å². The number of aliphatic carboxylic acids is 12. The van der Waals surface area contributed by atoms with Crippen LogP contribution in [0.25, 0.3) is 0 Å². The van der Waals surface area contributed by atoms with Gasteiger partial charge in [0.2, 0.25) is 0 Å². The van der Waals surface area contributed by atoms with Crippen LogP contribution in [0.5, 0.6) is 0 Å². The van der Waals surface area contributed by atoms with Crippen LogP contribution in [0.15, 0.2) is 0 Å². The van der Waals surface area contributed by atoms with Gasteiger partial charge in [-0.3, -0.25) is 29.4 Å². The predicted octanol–water partition coefficient (Wildman–Crippen LogP) is -24.5. The average molecular weight is 1150 g/mol. The Morgan fingerprint density at radius 1 is 0.209 bits per heavy atom. The van der Waals surface area contributed by atoms with Gasteiger partial charge in [-0.1, -0.05) is 0 Å². The van der Waals surface area contributed by atoms with E-state index in [4.69, 9.17) is 0 Å². The molecule has 0 fully saturated rings. The van der Waals surface area contributed by atoms with Crippen molar-refractivity contribution in [2.24, 2.45) is 0 Å². The van der Waals surface area contributed by atoms with E-state index >= 15 is 0 Å². The van der Waals surface area contributed by atoms with Gasteiger partial charge in [0.05, 0.1) is 71.6 Å². The van der Waals surface area contributed by atoms with Crippen LogP contribution < -0.4 is 61.3 Å². The molecule has 37 heteroatoms. The molecule has 0 saturated heterocycles. The maximum atomic E-state index is 10.4. The zero-order valence-corrected chi connectivity index (χ0v) is 38.0. The van der Waals surface area contributed by atoms with Crippen molar-refractivity contribution in [3.63, 3.8) is 0 Å². The Bertz CT molecular complexity index is 1150. The summed E-state index contributed by atoms with van der Waals surface area (Å²) in [6, 6.07) is 0. The minimum atomic E-state index is -1.53. The number of carboxylic acids is 12. The van der Waals surface area contributed by atoms with Crippen LogP contribution in [0.3, 0.4) is 0 Å². The second-order valence-electron chi connectivity index (χ2n) is 11.7. The van der Waals surface area contributed by atoms with E-state index in [1.165, 1.54) is 0 Å². The molecule has 0 aromatic heterocycles. The molecule has 0 aliphatic rings. The van der Waals surface area contributed by atoms with Gasteiger partial charge in [0.1, 0.15) is 0 Å². The molecule has 0 aromatic rings. The molecule has 380 valence electrons. The minimum absolute atomic E-state index is 0. The monoisotopic (exact) mass is 1150 g/mol. The Balaban J connectivity index is -0.0000000864. The van der Waals surface area contributed by atoms with Gasteiger partial charge in [-0.05, 0) is 0 Å². The fourth-order valence-electron chi connectivity index (χ4n) is 4.32. The molecule has 0 bridgehead atoms. The van der Waals surface area contributed by atoms with Crippen molar-refractivity contribution in [1.82, 2.24) is 29.4 Å². The van der Waals surface area contributed by atoms with Crippen molar-refractivity contribution < 1.29 is 198 Å². The zero-order chi connectivity index (χ0) is 47.1. The van der Waals surface area contributed by atoms with Gasteiger partial charge in [0, 0.05) is 118 Å². The number of rotatable bonds is 33. The van der Waals surface area contributed by atoms with Crippen LogP contribution in [0, 0.1) is 0 Å². The van der Waals surface area contributed by atoms with E-state index < -0.39 is 150 Å². The van der Waals surface area contributed by atoms with Crippen molar-refractivity contribution in [2.45, 2.75) is 0 Å². The molecule has 0 aromatic carbocycles. The van der Waals surface area contributed by atoms with Crippen LogP contribution in [0.4, 0.5) is 0 Å². The summed E-state index contributed by atoms with van der Waals surface area (Å²) in [5, 5.41) is 125. The summed E-state index contributed by atoms with van der Waals surface area (Å²) in [5.41, 5.74) is 0. The van der Waals surface area contributed by atoms with E-state index in [0.29, 0.717) is 0 Å². The first-order chi connectivity index (χ1) is 27.6. The number of carbonyl (C=O) groups is 12. The van der Waals surface area contributed by atoms with Crippen LogP contribution in [0.1, 0.15) is 0 Å². The van der Waals surface area contributed by atoms with Crippen molar-refractivity contribution in [2.75, 3.05) is 118 Å². The van der Waals surface area contributed by atoms with E-state index in [-0.39, 0.29) is 148 Å². The quantitative estimate of drug-likeness (QED) is 0.0551. The second-order valence-corrected chi connectivity index (χ2v) is 11.7. The van der Waals surface area contributed by atoms with Gasteiger partial charge in [-0.15, -0.1) is 0 Å². The van der Waals surface area contributed by atoms with Gasteiger partial charge in [-0.25, -0.2) is 0 Å². The standard InChI is InChI=1S/3C10H16N2O8.4Fe.Na.2H2O.H/c3*13-7(14)3-11(4-8(15)16)1-2-12(5-9(17)18)6-10(19)20;;;;;;;;/h3*1-6H2,(H,13,14)(H,15,16)(H,17,18)(H,19,20);;;;;;2*1H2;/q;;;4*+3;;;;/p-12. The molecular formula is C30H41Fe4N6NaO26. The summed E-state index contributed by atoms with van der Waals surface area (Å²) >= 11 is 0. The average Bonchev–Trinajstić information content (AvgIpc) is 3.02. The third-order valence-electron chi connectivity index (χ3n) is 6.43. The van der Waals surface area contributed by atoms with E-state index in [1.807, 2.05) is 0 Å². The SMILES string of the molecule is O.O.O=C([O-])CN(CCN(CC(=O)[O-])CC(=O)[O-])CC(=O)[O-].O=C([O-])CN(CCN(CC(=O)[O-])CC(=O)[O-])CC(=O)[O-].O=C([O-])CN(CCN(CC(=O)[O-])CC(=O)[O-])CC(=O)[O-].[Fe+3].[Fe+3].[Fe+3].[Fe+3].[NaH]. The van der Waals surface area contributed by atoms with E-state index in [2.05, 4.69) is 0 Å². The Kier molecular flexibility index (Phi) is 65.0. The third-order valence-corrected chi connectivity index (χ3v) is 6.43. The van der Waals surface area contributed by atoms with Crippen molar-refractivity contribution in [1.29, 1.82) is 0 Å². The third kappa shape index (κ3) is 64.5. The van der Waals surface area contributed by atoms with Gasteiger partial charge >= 0.3 is 97.8 Å².